The SMILES string of the molecule is CN[C@H](CC(C)C)C(=O)N[C@H]1C(=O)N[C@@H](CC(N)=O)C(=O)N[C@H]2C(=O)N[C@H]3C(=O)N[C@H](C(=O)N[C@H](C(=O)NCCCO/N=C(\C(=O)N[C@@H]4C(=O)N5C(C(=O)[O-])=C(C[n+]6ccccc6)CS[C@H]45)c4nc(N)sc4Cl)c4cc(O)cc(O)c4-c4cccc3c4)[C@H](O)c3ccc(c(Cl)c3)Oc3cc2cc(c3O[C@@H]2O[C@H](CO)[C@@H](O)[C@H](O)[C@H]2O[C@H]2C[C@](C)(N)[C@H](O)[C@H](C)O2)Oc2ccc(cc2Cl)[C@H]1O. The quantitative estimate of drug-likeness (QED) is 0.0117. The number of primary amides is 1. The molecule has 9 aliphatic rings. The standard InChI is InChI=1S/C87H95Cl3N16O27S2/c1-34(2)21-46(94-5)74(116)100-62-66(111)38-13-15-49(44(88)23-38)129-51-25-40-26-52(70(51)133-85-71(69(114)68(113)53(32-107)131-85)132-55-30-87(4,93)72(115)35(3)128-55)130-50-16-14-39(24-45(50)89)67(112)63-81(123)99-59(43-27-42(108)28-48(109)56(43)36-11-9-12-37(22-36)57(77(119)101-63)98-78(120)58(40)97-75(117)47(29-54(91)110)96-80(62)122)76(118)95-17-10-20-127-104-61(60-73(90)135-86(92)103-60)79(121)102-64-82(124)106-65(84(125)126)41(33-134-83(64)106)31-105-18-7-6-8-19-105/h6-9,11-16,18-19,22-28,34-35,46-47,53,55,57-59,62-64,66-69,71-72,83,85,94,107,111-115H,10,17,20-21,29-33,93H2,1-5H3,(H14-,91,92,95,96,97,98,99,100,101,102,103,108,109,110,116,117,118,119,120,121,122,123,125,126)/b104-61-/t35-,46+,47-,53+,55-,57+,58+,59-,62+,63-,64+,66+,67+,68+,69-,71+,72+,83+,85-,87-/m0/s1. The molecule has 20 atom stereocenters. The predicted molar refractivity (Wildman–Crippen MR) is 475 cm³/mol. The molecular formula is C87H95Cl3N16O27S2. The van der Waals surface area contributed by atoms with Gasteiger partial charge >= 0.3 is 0 Å². The number of nitrogens with two attached hydrogens (primary N) is 3. The molecule has 0 aliphatic carbocycles. The van der Waals surface area contributed by atoms with Crippen molar-refractivity contribution in [1.29, 1.82) is 0 Å². The van der Waals surface area contributed by atoms with Gasteiger partial charge in [-0.05, 0) is 115 Å². The van der Waals surface area contributed by atoms with Crippen LogP contribution in [0.3, 0.4) is 0 Å². The number of likely N-dealkylation sites (N-methyl/N-ethyl adjacent to an activating group) is 1. The minimum atomic E-state index is -2.36. The molecule has 3 fully saturated rings. The number of nitrogen functional groups attached to an aromatic ring is 1. The number of phenols is 2. The number of ether oxygens (including phenoxy) is 6. The molecule has 11 bridgehead atoms. The van der Waals surface area contributed by atoms with Crippen LogP contribution in [0.25, 0.3) is 11.1 Å². The fraction of sp³-hybridized carbons (Fsp3) is 0.402. The number of carbonyl (C=O) groups is 11. The molecule has 2 aromatic heterocycles. The average molecular weight is 1970 g/mol. The molecule has 43 nitrogen and oxygen atoms in total. The van der Waals surface area contributed by atoms with Gasteiger partial charge in [-0.3, -0.25) is 52.8 Å². The topological polar surface area (TPSA) is 656 Å². The summed E-state index contributed by atoms with van der Waals surface area (Å²) in [6.07, 6.45) is -15.7. The Morgan fingerprint density at radius 1 is 0.770 bits per heavy atom. The summed E-state index contributed by atoms with van der Waals surface area (Å²) < 4.78 is 40.4. The highest BCUT2D eigenvalue weighted by molar-refractivity contribution is 8.00. The van der Waals surface area contributed by atoms with Crippen LogP contribution >= 0.6 is 57.9 Å². The van der Waals surface area contributed by atoms with Crippen molar-refractivity contribution in [2.24, 2.45) is 22.5 Å². The number of anilines is 1. The number of benzene rings is 5. The number of oxime groups is 1. The maximum absolute atomic E-state index is 16.4. The number of aromatic nitrogens is 2. The number of aliphatic hydroxyl groups excluding tert-OH is 6. The van der Waals surface area contributed by atoms with Crippen LogP contribution in [0.15, 0.2) is 132 Å². The van der Waals surface area contributed by atoms with E-state index in [1.165, 1.54) is 69.1 Å². The number of halogens is 3. The summed E-state index contributed by atoms with van der Waals surface area (Å²) in [7, 11) is 1.47. The number of aromatic hydroxyl groups is 2. The fourth-order valence-electron chi connectivity index (χ4n) is 16.4. The van der Waals surface area contributed by atoms with E-state index in [0.29, 0.717) is 5.57 Å². The van der Waals surface area contributed by atoms with Crippen molar-refractivity contribution in [3.63, 3.8) is 0 Å². The van der Waals surface area contributed by atoms with Crippen LogP contribution in [0.5, 0.6) is 40.2 Å². The van der Waals surface area contributed by atoms with Crippen molar-refractivity contribution >= 4 is 134 Å². The smallest absolute Gasteiger partial charge is 0.276 e. The van der Waals surface area contributed by atoms with Gasteiger partial charge in [0.05, 0.1) is 53.0 Å². The lowest BCUT2D eigenvalue weighted by molar-refractivity contribution is -0.689. The summed E-state index contributed by atoms with van der Waals surface area (Å²) in [4.78, 5) is 173. The molecule has 48 heteroatoms. The molecule has 7 aromatic rings. The number of hydrogen-bond acceptors (Lipinski definition) is 34. The lowest BCUT2D eigenvalue weighted by atomic mass is 9.86. The van der Waals surface area contributed by atoms with Gasteiger partial charge in [-0.2, -0.15) is 0 Å². The second-order valence-electron chi connectivity index (χ2n) is 33.5. The van der Waals surface area contributed by atoms with Crippen LogP contribution in [0.2, 0.25) is 14.4 Å². The summed E-state index contributed by atoms with van der Waals surface area (Å²) in [5, 5.41) is 132. The van der Waals surface area contributed by atoms with Gasteiger partial charge in [-0.15, -0.1) is 11.8 Å². The molecular weight excluding hydrogens is 1870 g/mol. The van der Waals surface area contributed by atoms with Gasteiger partial charge in [-0.25, -0.2) is 9.55 Å². The van der Waals surface area contributed by atoms with Crippen LogP contribution in [0, 0.1) is 5.92 Å². The van der Waals surface area contributed by atoms with Gasteiger partial charge in [0.1, 0.15) is 118 Å². The third-order valence-electron chi connectivity index (χ3n) is 23.3. The normalized spacial score (nSPS) is 27.2. The fourth-order valence-corrected chi connectivity index (χ4v) is 19.2. The average Bonchev–Trinajstić information content (AvgIpc) is 0.882. The summed E-state index contributed by atoms with van der Waals surface area (Å²) in [5.74, 6) is -17.7. The third kappa shape index (κ3) is 21.6. The van der Waals surface area contributed by atoms with Crippen LogP contribution in [-0.4, -0.2) is 244 Å². The Kier molecular flexibility index (Phi) is 30.4. The number of pyridine rings is 1. The van der Waals surface area contributed by atoms with E-state index in [4.69, 9.17) is 85.3 Å². The number of aliphatic hydroxyl groups is 6. The number of aliphatic carboxylic acids is 1. The highest BCUT2D eigenvalue weighted by Gasteiger charge is 2.55. The summed E-state index contributed by atoms with van der Waals surface area (Å²) in [6.45, 7) is 4.93. The third-order valence-corrected chi connectivity index (χ3v) is 26.3. The first-order valence-electron chi connectivity index (χ1n) is 42.2. The number of nitrogens with zero attached hydrogens (tertiary/aromatic N) is 4. The number of carbonyl (C=O) groups excluding carboxylic acids is 11. The van der Waals surface area contributed by atoms with E-state index in [2.05, 4.69) is 58.0 Å². The number of nitrogens with one attached hydrogen (secondary N) is 9. The Labute approximate surface area is 791 Å². The largest absolute Gasteiger partial charge is 0.543 e. The van der Waals surface area contributed by atoms with Crippen molar-refractivity contribution in [2.75, 3.05) is 38.3 Å². The number of carboxylic acids is 1. The van der Waals surface area contributed by atoms with Gasteiger partial charge < -0.3 is 149 Å². The highest BCUT2D eigenvalue weighted by Crippen LogP contribution is 2.50. The first-order valence-corrected chi connectivity index (χ1v) is 45.2. The van der Waals surface area contributed by atoms with Crippen molar-refractivity contribution in [3.05, 3.63) is 175 Å². The molecule has 135 heavy (non-hydrogen) atoms. The first-order chi connectivity index (χ1) is 64.2. The van der Waals surface area contributed by atoms with E-state index in [0.717, 1.165) is 64.8 Å². The molecule has 10 amide bonds. The van der Waals surface area contributed by atoms with Crippen molar-refractivity contribution in [1.82, 2.24) is 57.7 Å². The maximum atomic E-state index is 16.4. The molecule has 11 heterocycles. The summed E-state index contributed by atoms with van der Waals surface area (Å²) >= 11 is 22.8. The number of thiazole rings is 1. The molecule has 0 spiro atoms. The molecule has 9 aliphatic heterocycles. The number of carboxylic acid groups (broad SMARTS) is 1. The zero-order valence-electron chi connectivity index (χ0n) is 72.2. The molecule has 3 saturated heterocycles. The van der Waals surface area contributed by atoms with E-state index >= 15 is 28.8 Å². The maximum Gasteiger partial charge on any atom is 0.276 e. The van der Waals surface area contributed by atoms with Gasteiger partial charge in [0, 0.05) is 60.0 Å². The minimum Gasteiger partial charge on any atom is -0.543 e. The number of rotatable bonds is 24. The Hall–Kier alpha value is -12.2. The zero-order valence-corrected chi connectivity index (χ0v) is 76.1. The number of hydrogen-bond donors (Lipinski definition) is 20. The Balaban J connectivity index is 0.841. The van der Waals surface area contributed by atoms with Crippen LogP contribution in [0.4, 0.5) is 5.13 Å². The number of β-lactam (4-membered cyclic amide) rings is 1. The predicted octanol–water partition coefficient (Wildman–Crippen LogP) is -0.673. The molecule has 0 unspecified atom stereocenters. The monoisotopic (exact) mass is 1960 g/mol. The minimum absolute atomic E-state index is 0.0988. The van der Waals surface area contributed by atoms with Crippen molar-refractivity contribution in [2.45, 2.75) is 181 Å². The lowest BCUT2D eigenvalue weighted by Gasteiger charge is -2.50. The van der Waals surface area contributed by atoms with E-state index in [1.54, 1.807) is 35.2 Å². The molecule has 23 N–H and O–H groups in total. The van der Waals surface area contributed by atoms with Crippen LogP contribution < -0.4 is 88.9 Å². The van der Waals surface area contributed by atoms with E-state index in [1.807, 2.05) is 13.8 Å². The van der Waals surface area contributed by atoms with E-state index < -0.39 is 256 Å². The Morgan fingerprint density at radius 3 is 2.07 bits per heavy atom. The second-order valence-corrected chi connectivity index (χ2v) is 37.0. The van der Waals surface area contributed by atoms with Gasteiger partial charge in [-0.1, -0.05) is 102 Å². The number of phenolic OH excluding ortho intramolecular Hbond substituents is 2. The molecule has 0 radical (unpaired) electrons. The Bertz CT molecular complexity index is 5870. The Morgan fingerprint density at radius 2 is 1.44 bits per heavy atom. The number of amides is 10. The number of fused-ring (bicyclic) bond motifs is 16. The van der Waals surface area contributed by atoms with Gasteiger partial charge in [0.2, 0.25) is 59.3 Å². The summed E-state index contributed by atoms with van der Waals surface area (Å²) in [6, 6.07) is 5.88. The van der Waals surface area contributed by atoms with E-state index in [-0.39, 0.29) is 109 Å². The molecule has 0 saturated carbocycles. The van der Waals surface area contributed by atoms with Crippen molar-refractivity contribution < 1.29 is 137 Å². The molecule has 718 valence electrons. The van der Waals surface area contributed by atoms with Crippen LogP contribution in [0.1, 0.15) is 117 Å². The molecule has 5 aromatic carbocycles. The second kappa shape index (κ2) is 41.6. The van der Waals surface area contributed by atoms with Crippen LogP contribution in [-0.2, 0) is 78.3 Å². The summed E-state index contributed by atoms with van der Waals surface area (Å²) in [5.41, 5.74) is 14.2. The highest BCUT2D eigenvalue weighted by atomic mass is 35.5. The first kappa shape index (κ1) is 98.8. The lowest BCUT2D eigenvalue weighted by Crippen LogP contribution is -2.71. The van der Waals surface area contributed by atoms with Gasteiger partial charge in [0.15, 0.2) is 53.7 Å². The van der Waals surface area contributed by atoms with Crippen molar-refractivity contribution in [3.8, 4) is 51.4 Å². The van der Waals surface area contributed by atoms with Gasteiger partial charge in [0.25, 0.3) is 11.8 Å². The number of thioether (sulfide) groups is 1. The molecule has 16 rings (SSSR count). The van der Waals surface area contributed by atoms with E-state index in [9.17, 15) is 69.9 Å². The zero-order chi connectivity index (χ0) is 97.2.